The summed E-state index contributed by atoms with van der Waals surface area (Å²) in [6, 6.07) is 12.5. The lowest BCUT2D eigenvalue weighted by molar-refractivity contribution is -0.385. The number of hydrogen-bond acceptors (Lipinski definition) is 5. The Hall–Kier alpha value is -3.42. The smallest absolute Gasteiger partial charge is 0.274 e. The Labute approximate surface area is 163 Å². The molecule has 2 N–H and O–H groups in total. The summed E-state index contributed by atoms with van der Waals surface area (Å²) in [6.07, 6.45) is 0. The summed E-state index contributed by atoms with van der Waals surface area (Å²) in [6.45, 7) is 4.98. The predicted octanol–water partition coefficient (Wildman–Crippen LogP) is 3.06. The van der Waals surface area contributed by atoms with Crippen molar-refractivity contribution >= 4 is 23.2 Å². The Morgan fingerprint density at radius 3 is 2.43 bits per heavy atom. The Balaban J connectivity index is 2.00. The number of nitro groups is 1. The van der Waals surface area contributed by atoms with Gasteiger partial charge in [0.1, 0.15) is 11.8 Å². The third-order valence-electron chi connectivity index (χ3n) is 4.05. The van der Waals surface area contributed by atoms with Crippen LogP contribution in [0.2, 0.25) is 0 Å². The number of nitrogens with one attached hydrogen (secondary N) is 2. The number of benzene rings is 2. The molecule has 0 radical (unpaired) electrons. The highest BCUT2D eigenvalue weighted by molar-refractivity contribution is 5.97. The summed E-state index contributed by atoms with van der Waals surface area (Å²) in [5, 5.41) is 16.3. The summed E-state index contributed by atoms with van der Waals surface area (Å²) in [5.41, 5.74) is 0.705. The Morgan fingerprint density at radius 2 is 1.82 bits per heavy atom. The minimum Gasteiger partial charge on any atom is -0.484 e. The highest BCUT2D eigenvalue weighted by atomic mass is 16.6. The lowest BCUT2D eigenvalue weighted by Gasteiger charge is -2.22. The van der Waals surface area contributed by atoms with Crippen LogP contribution in [0.25, 0.3) is 0 Å². The van der Waals surface area contributed by atoms with Crippen molar-refractivity contribution in [2.45, 2.75) is 26.8 Å². The molecule has 0 aliphatic carbocycles. The molecule has 0 aliphatic rings. The van der Waals surface area contributed by atoms with E-state index in [1.165, 1.54) is 6.07 Å². The summed E-state index contributed by atoms with van der Waals surface area (Å²) >= 11 is 0. The van der Waals surface area contributed by atoms with Gasteiger partial charge in [-0.2, -0.15) is 0 Å². The summed E-state index contributed by atoms with van der Waals surface area (Å²) in [5.74, 6) is -0.537. The molecular formula is C20H23N3O5. The molecule has 0 unspecified atom stereocenters. The van der Waals surface area contributed by atoms with Crippen LogP contribution in [0.15, 0.2) is 48.5 Å². The maximum atomic E-state index is 12.6. The van der Waals surface area contributed by atoms with Gasteiger partial charge in [-0.25, -0.2) is 0 Å². The topological polar surface area (TPSA) is 111 Å². The van der Waals surface area contributed by atoms with Crippen LogP contribution >= 0.6 is 0 Å². The summed E-state index contributed by atoms with van der Waals surface area (Å²) in [4.78, 5) is 35.3. The van der Waals surface area contributed by atoms with Gasteiger partial charge in [0.2, 0.25) is 5.91 Å². The van der Waals surface area contributed by atoms with Crippen LogP contribution in [0.5, 0.6) is 5.75 Å². The van der Waals surface area contributed by atoms with Gasteiger partial charge in [-0.3, -0.25) is 19.7 Å². The average Bonchev–Trinajstić information content (AvgIpc) is 2.66. The van der Waals surface area contributed by atoms with Gasteiger partial charge in [0, 0.05) is 17.3 Å². The van der Waals surface area contributed by atoms with Gasteiger partial charge >= 0.3 is 0 Å². The second kappa shape index (κ2) is 9.50. The van der Waals surface area contributed by atoms with E-state index in [0.29, 0.717) is 17.0 Å². The lowest BCUT2D eigenvalue weighted by Crippen LogP contribution is -2.48. The number of carbonyl (C=O) groups excluding carboxylic acids is 2. The predicted molar refractivity (Wildman–Crippen MR) is 105 cm³/mol. The maximum Gasteiger partial charge on any atom is 0.274 e. The van der Waals surface area contributed by atoms with E-state index in [1.54, 1.807) is 57.2 Å². The van der Waals surface area contributed by atoms with Gasteiger partial charge in [0.15, 0.2) is 6.61 Å². The molecule has 2 amide bonds. The van der Waals surface area contributed by atoms with Crippen LogP contribution in [-0.4, -0.2) is 29.4 Å². The first-order chi connectivity index (χ1) is 13.3. The van der Waals surface area contributed by atoms with E-state index in [4.69, 9.17) is 4.74 Å². The molecule has 2 rings (SSSR count). The van der Waals surface area contributed by atoms with Gasteiger partial charge in [-0.15, -0.1) is 0 Å². The fraction of sp³-hybridized carbons (Fsp3) is 0.300. The van der Waals surface area contributed by atoms with E-state index in [0.717, 1.165) is 0 Å². The number of nitrogens with zero attached hydrogens (tertiary/aromatic N) is 1. The largest absolute Gasteiger partial charge is 0.484 e. The fourth-order valence-electron chi connectivity index (χ4n) is 2.52. The van der Waals surface area contributed by atoms with Gasteiger partial charge in [-0.1, -0.05) is 38.1 Å². The van der Waals surface area contributed by atoms with Crippen molar-refractivity contribution in [3.8, 4) is 5.75 Å². The first-order valence-electron chi connectivity index (χ1n) is 8.81. The zero-order valence-electron chi connectivity index (χ0n) is 16.0. The monoisotopic (exact) mass is 385 g/mol. The van der Waals surface area contributed by atoms with E-state index in [1.807, 2.05) is 6.07 Å². The van der Waals surface area contributed by atoms with Crippen molar-refractivity contribution in [2.24, 2.45) is 5.92 Å². The van der Waals surface area contributed by atoms with Crippen molar-refractivity contribution in [3.05, 3.63) is 64.2 Å². The zero-order valence-corrected chi connectivity index (χ0v) is 16.0. The number of ether oxygens (including phenoxy) is 1. The average molecular weight is 385 g/mol. The highest BCUT2D eigenvalue weighted by Crippen LogP contribution is 2.22. The molecule has 0 bridgehead atoms. The standard InChI is InChI=1S/C20H23N3O5/c1-13(2)19(22-18(24)12-28-16-7-5-4-6-8-16)20(25)21-15-10-9-14(3)17(11-15)23(26)27/h4-11,13,19H,12H2,1-3H3,(H,21,25)(H,22,24)/t19-/m0/s1. The number of hydrogen-bond donors (Lipinski definition) is 2. The quantitative estimate of drug-likeness (QED) is 0.536. The van der Waals surface area contributed by atoms with E-state index in [-0.39, 0.29) is 18.2 Å². The third kappa shape index (κ3) is 5.80. The Bertz CT molecular complexity index is 852. The number of rotatable bonds is 8. The number of aryl methyl sites for hydroxylation is 1. The van der Waals surface area contributed by atoms with E-state index < -0.39 is 22.8 Å². The Kier molecular flexibility index (Phi) is 7.08. The number of carbonyl (C=O) groups is 2. The van der Waals surface area contributed by atoms with Crippen LogP contribution < -0.4 is 15.4 Å². The number of anilines is 1. The van der Waals surface area contributed by atoms with Crippen LogP contribution in [0.4, 0.5) is 11.4 Å². The van der Waals surface area contributed by atoms with Crippen molar-refractivity contribution in [3.63, 3.8) is 0 Å². The molecule has 0 heterocycles. The van der Waals surface area contributed by atoms with Crippen LogP contribution in [-0.2, 0) is 9.59 Å². The van der Waals surface area contributed by atoms with Crippen LogP contribution in [0.1, 0.15) is 19.4 Å². The molecule has 148 valence electrons. The summed E-state index contributed by atoms with van der Waals surface area (Å²) < 4.78 is 5.38. The van der Waals surface area contributed by atoms with E-state index >= 15 is 0 Å². The van der Waals surface area contributed by atoms with Crippen molar-refractivity contribution < 1.29 is 19.2 Å². The second-order valence-electron chi connectivity index (χ2n) is 6.64. The van der Waals surface area contributed by atoms with Gasteiger partial charge in [0.05, 0.1) is 4.92 Å². The fourth-order valence-corrected chi connectivity index (χ4v) is 2.52. The highest BCUT2D eigenvalue weighted by Gasteiger charge is 2.25. The lowest BCUT2D eigenvalue weighted by atomic mass is 10.0. The molecule has 0 aliphatic heterocycles. The first-order valence-corrected chi connectivity index (χ1v) is 8.81. The van der Waals surface area contributed by atoms with Gasteiger partial charge in [-0.05, 0) is 31.0 Å². The molecule has 0 saturated carbocycles. The Morgan fingerprint density at radius 1 is 1.14 bits per heavy atom. The van der Waals surface area contributed by atoms with Gasteiger partial charge in [0.25, 0.3) is 11.6 Å². The first kappa shape index (κ1) is 20.9. The molecule has 0 saturated heterocycles. The molecule has 8 nitrogen and oxygen atoms in total. The molecule has 0 aromatic heterocycles. The molecule has 28 heavy (non-hydrogen) atoms. The number of para-hydroxylation sites is 1. The molecule has 8 heteroatoms. The molecule has 2 aromatic carbocycles. The van der Waals surface area contributed by atoms with Crippen molar-refractivity contribution in [1.82, 2.24) is 5.32 Å². The second-order valence-corrected chi connectivity index (χ2v) is 6.64. The number of nitro benzene ring substituents is 1. The zero-order chi connectivity index (χ0) is 20.7. The molecule has 2 aromatic rings. The molecule has 0 fully saturated rings. The van der Waals surface area contributed by atoms with Crippen molar-refractivity contribution in [1.29, 1.82) is 0 Å². The minimum absolute atomic E-state index is 0.0841. The molecular weight excluding hydrogens is 362 g/mol. The van der Waals surface area contributed by atoms with Crippen molar-refractivity contribution in [2.75, 3.05) is 11.9 Å². The minimum atomic E-state index is -0.813. The third-order valence-corrected chi connectivity index (χ3v) is 4.05. The number of amides is 2. The molecule has 1 atom stereocenters. The maximum absolute atomic E-state index is 12.6. The van der Waals surface area contributed by atoms with E-state index in [2.05, 4.69) is 10.6 Å². The van der Waals surface area contributed by atoms with Gasteiger partial charge < -0.3 is 15.4 Å². The van der Waals surface area contributed by atoms with Crippen LogP contribution in [0, 0.1) is 23.0 Å². The summed E-state index contributed by atoms with van der Waals surface area (Å²) in [7, 11) is 0. The SMILES string of the molecule is Cc1ccc(NC(=O)[C@@H](NC(=O)COc2ccccc2)C(C)C)cc1[N+](=O)[O-]. The molecule has 0 spiro atoms. The normalized spacial score (nSPS) is 11.6. The van der Waals surface area contributed by atoms with Crippen LogP contribution in [0.3, 0.4) is 0 Å². The van der Waals surface area contributed by atoms with E-state index in [9.17, 15) is 19.7 Å².